The van der Waals surface area contributed by atoms with E-state index >= 15 is 0 Å². The summed E-state index contributed by atoms with van der Waals surface area (Å²) in [5, 5.41) is 9.58. The molecular formula is C24H27NO2. The Morgan fingerprint density at radius 1 is 1.15 bits per heavy atom. The third-order valence-electron chi connectivity index (χ3n) is 4.70. The number of para-hydroxylation sites is 1. The van der Waals surface area contributed by atoms with E-state index in [0.717, 1.165) is 36.8 Å². The summed E-state index contributed by atoms with van der Waals surface area (Å²) in [6.45, 7) is 4.32. The fourth-order valence-corrected chi connectivity index (χ4v) is 3.26. The molecule has 2 unspecified atom stereocenters. The highest BCUT2D eigenvalue weighted by molar-refractivity contribution is 5.88. The number of nitriles is 1. The maximum absolute atomic E-state index is 11.9. The topological polar surface area (TPSA) is 50.1 Å². The van der Waals surface area contributed by atoms with Crippen molar-refractivity contribution in [2.75, 3.05) is 0 Å². The molecule has 0 amide bonds. The van der Waals surface area contributed by atoms with Crippen LogP contribution in [0.1, 0.15) is 44.2 Å². The van der Waals surface area contributed by atoms with Gasteiger partial charge in [-0.2, -0.15) is 5.26 Å². The molecule has 0 aliphatic carbocycles. The van der Waals surface area contributed by atoms with E-state index in [-0.39, 0.29) is 5.92 Å². The van der Waals surface area contributed by atoms with E-state index in [9.17, 15) is 10.1 Å². The molecule has 27 heavy (non-hydrogen) atoms. The molecule has 0 bridgehead atoms. The number of benzene rings is 2. The Hall–Kier alpha value is -2.86. The second-order valence-electron chi connectivity index (χ2n) is 6.71. The summed E-state index contributed by atoms with van der Waals surface area (Å²) < 4.78 is 5.25. The van der Waals surface area contributed by atoms with Crippen LogP contribution in [0.3, 0.4) is 0 Å². The summed E-state index contributed by atoms with van der Waals surface area (Å²) in [5.74, 6) is 0.576. The molecule has 2 aromatic carbocycles. The molecule has 0 saturated heterocycles. The Kier molecular flexibility index (Phi) is 8.32. The summed E-state index contributed by atoms with van der Waals surface area (Å²) >= 11 is 0. The van der Waals surface area contributed by atoms with Crippen molar-refractivity contribution in [3.63, 3.8) is 0 Å². The van der Waals surface area contributed by atoms with Crippen molar-refractivity contribution >= 4 is 12.0 Å². The van der Waals surface area contributed by atoms with Gasteiger partial charge < -0.3 is 4.74 Å². The Bertz CT molecular complexity index is 790. The van der Waals surface area contributed by atoms with Gasteiger partial charge in [0.25, 0.3) is 0 Å². The molecule has 0 fully saturated rings. The first kappa shape index (κ1) is 20.5. The lowest BCUT2D eigenvalue weighted by Gasteiger charge is -2.20. The van der Waals surface area contributed by atoms with Crippen LogP contribution in [0.25, 0.3) is 6.08 Å². The predicted octanol–water partition coefficient (Wildman–Crippen LogP) is 5.81. The minimum Gasteiger partial charge on any atom is -0.423 e. The highest BCUT2D eigenvalue weighted by atomic mass is 16.5. The first-order chi connectivity index (χ1) is 13.2. The summed E-state index contributed by atoms with van der Waals surface area (Å²) in [6, 6.07) is 19.5. The van der Waals surface area contributed by atoms with Crippen molar-refractivity contribution in [1.82, 2.24) is 0 Å². The Morgan fingerprint density at radius 2 is 1.93 bits per heavy atom. The molecule has 3 heteroatoms. The summed E-state index contributed by atoms with van der Waals surface area (Å²) in [6.07, 6.45) is 7.13. The second kappa shape index (κ2) is 11.0. The third kappa shape index (κ3) is 6.75. The quantitative estimate of drug-likeness (QED) is 0.321. The molecule has 3 nitrogen and oxygen atoms in total. The van der Waals surface area contributed by atoms with Gasteiger partial charge in [0.1, 0.15) is 5.75 Å². The van der Waals surface area contributed by atoms with Crippen molar-refractivity contribution < 1.29 is 9.53 Å². The highest BCUT2D eigenvalue weighted by Crippen LogP contribution is 2.25. The molecule has 0 saturated carbocycles. The average molecular weight is 361 g/mol. The number of carbonyl (C=O) groups is 1. The lowest BCUT2D eigenvalue weighted by Crippen LogP contribution is -2.15. The molecule has 0 aliphatic rings. The summed E-state index contributed by atoms with van der Waals surface area (Å²) in [7, 11) is 0. The fourth-order valence-electron chi connectivity index (χ4n) is 3.26. The van der Waals surface area contributed by atoms with Crippen LogP contribution < -0.4 is 4.74 Å². The molecule has 0 N–H and O–H groups in total. The molecule has 0 spiro atoms. The van der Waals surface area contributed by atoms with E-state index in [1.54, 1.807) is 18.2 Å². The monoisotopic (exact) mass is 361 g/mol. The maximum atomic E-state index is 11.9. The number of esters is 1. The minimum absolute atomic E-state index is 0.0252. The van der Waals surface area contributed by atoms with Gasteiger partial charge in [-0.15, -0.1) is 0 Å². The van der Waals surface area contributed by atoms with Crippen molar-refractivity contribution in [1.29, 1.82) is 5.26 Å². The molecular weight excluding hydrogens is 334 g/mol. The lowest BCUT2D eigenvalue weighted by atomic mass is 9.83. The van der Waals surface area contributed by atoms with Crippen LogP contribution in [0.4, 0.5) is 0 Å². The van der Waals surface area contributed by atoms with Crippen molar-refractivity contribution in [2.24, 2.45) is 11.8 Å². The molecule has 0 heterocycles. The smallest absolute Gasteiger partial charge is 0.336 e. The van der Waals surface area contributed by atoms with E-state index < -0.39 is 5.97 Å². The largest absolute Gasteiger partial charge is 0.423 e. The Balaban J connectivity index is 2.01. The van der Waals surface area contributed by atoms with Gasteiger partial charge in [-0.05, 0) is 48.1 Å². The maximum Gasteiger partial charge on any atom is 0.336 e. The van der Waals surface area contributed by atoms with Crippen LogP contribution in [-0.4, -0.2) is 5.97 Å². The molecule has 0 aliphatic heterocycles. The summed E-state index contributed by atoms with van der Waals surface area (Å²) in [5.41, 5.74) is 2.05. The van der Waals surface area contributed by atoms with Gasteiger partial charge in [0.15, 0.2) is 0 Å². The van der Waals surface area contributed by atoms with Crippen molar-refractivity contribution in [3.05, 3.63) is 71.8 Å². The highest BCUT2D eigenvalue weighted by Gasteiger charge is 2.19. The molecule has 0 radical (unpaired) electrons. The van der Waals surface area contributed by atoms with E-state index in [0.29, 0.717) is 11.7 Å². The van der Waals surface area contributed by atoms with Crippen LogP contribution in [0.2, 0.25) is 0 Å². The van der Waals surface area contributed by atoms with Gasteiger partial charge in [0.05, 0.1) is 12.0 Å². The SMILES string of the molecule is CCCC(CC)C(C#N)Cc1cccc(C=CC(=O)Oc2ccccc2)c1. The Labute approximate surface area is 162 Å². The van der Waals surface area contributed by atoms with E-state index in [2.05, 4.69) is 19.9 Å². The van der Waals surface area contributed by atoms with E-state index in [1.807, 2.05) is 42.5 Å². The predicted molar refractivity (Wildman–Crippen MR) is 109 cm³/mol. The molecule has 2 aromatic rings. The minimum atomic E-state index is -0.407. The van der Waals surface area contributed by atoms with E-state index in [1.165, 1.54) is 6.08 Å². The van der Waals surface area contributed by atoms with Crippen LogP contribution in [0.15, 0.2) is 60.7 Å². The van der Waals surface area contributed by atoms with Gasteiger partial charge in [-0.1, -0.05) is 69.2 Å². The molecule has 140 valence electrons. The summed E-state index contributed by atoms with van der Waals surface area (Å²) in [4.78, 5) is 11.9. The van der Waals surface area contributed by atoms with Crippen LogP contribution >= 0.6 is 0 Å². The normalized spacial score (nSPS) is 13.1. The van der Waals surface area contributed by atoms with Crippen molar-refractivity contribution in [2.45, 2.75) is 39.5 Å². The average Bonchev–Trinajstić information content (AvgIpc) is 2.70. The number of nitrogens with zero attached hydrogens (tertiary/aromatic N) is 1. The van der Waals surface area contributed by atoms with Crippen molar-refractivity contribution in [3.8, 4) is 11.8 Å². The number of ether oxygens (including phenoxy) is 1. The number of hydrogen-bond donors (Lipinski definition) is 0. The lowest BCUT2D eigenvalue weighted by molar-refractivity contribution is -0.128. The van der Waals surface area contributed by atoms with Crippen LogP contribution in [0.5, 0.6) is 5.75 Å². The number of hydrogen-bond acceptors (Lipinski definition) is 3. The molecule has 2 atom stereocenters. The zero-order chi connectivity index (χ0) is 19.5. The van der Waals surface area contributed by atoms with Gasteiger partial charge in [-0.3, -0.25) is 0 Å². The van der Waals surface area contributed by atoms with Gasteiger partial charge in [-0.25, -0.2) is 4.79 Å². The zero-order valence-electron chi connectivity index (χ0n) is 16.1. The van der Waals surface area contributed by atoms with Gasteiger partial charge in [0, 0.05) is 6.08 Å². The fraction of sp³-hybridized carbons (Fsp3) is 0.333. The standard InChI is InChI=1S/C24H27NO2/c1-3-9-21(4-2)22(18-25)17-20-11-8-10-19(16-20)14-15-24(26)27-23-12-6-5-7-13-23/h5-8,10-16,21-22H,3-4,9,17H2,1-2H3. The van der Waals surface area contributed by atoms with Gasteiger partial charge in [0.2, 0.25) is 0 Å². The third-order valence-corrected chi connectivity index (χ3v) is 4.70. The number of carbonyl (C=O) groups excluding carboxylic acids is 1. The Morgan fingerprint density at radius 3 is 2.59 bits per heavy atom. The second-order valence-corrected chi connectivity index (χ2v) is 6.71. The zero-order valence-corrected chi connectivity index (χ0v) is 16.1. The molecule has 0 aromatic heterocycles. The van der Waals surface area contributed by atoms with Crippen LogP contribution in [-0.2, 0) is 11.2 Å². The van der Waals surface area contributed by atoms with E-state index in [4.69, 9.17) is 4.74 Å². The van der Waals surface area contributed by atoms with Gasteiger partial charge >= 0.3 is 5.97 Å². The van der Waals surface area contributed by atoms with Crippen LogP contribution in [0, 0.1) is 23.2 Å². The first-order valence-electron chi connectivity index (χ1n) is 9.59. The molecule has 2 rings (SSSR count). The first-order valence-corrected chi connectivity index (χ1v) is 9.59. The number of rotatable bonds is 9.